The number of nitrogens with zero attached hydrogens (tertiary/aromatic N) is 1. The Hall–Kier alpha value is -1.47. The Kier molecular flexibility index (Phi) is 5.47. The van der Waals surface area contributed by atoms with Gasteiger partial charge in [-0.15, -0.1) is 0 Å². The van der Waals surface area contributed by atoms with Crippen LogP contribution in [0.1, 0.15) is 43.1 Å². The molecule has 0 aromatic heterocycles. The molecule has 0 saturated carbocycles. The molecule has 0 aliphatic rings. The maximum atomic E-state index is 13.7. The van der Waals surface area contributed by atoms with Crippen LogP contribution in [0.25, 0.3) is 0 Å². The lowest BCUT2D eigenvalue weighted by atomic mass is 10.1. The summed E-state index contributed by atoms with van der Waals surface area (Å²) in [7, 11) is -3.85. The number of halogens is 1. The van der Waals surface area contributed by atoms with Gasteiger partial charge in [0.25, 0.3) is 0 Å². The van der Waals surface area contributed by atoms with Crippen molar-refractivity contribution in [3.8, 4) is 0 Å². The Morgan fingerprint density at radius 3 is 2.38 bits per heavy atom. The van der Waals surface area contributed by atoms with E-state index < -0.39 is 27.4 Å². The SMILES string of the molecule is CCC(C)N(CC)S(=O)(=O)c1cc(C)c(F)c(C(=O)O)c1. The Balaban J connectivity index is 3.48. The van der Waals surface area contributed by atoms with Crippen LogP contribution in [0, 0.1) is 12.7 Å². The molecule has 118 valence electrons. The molecular weight excluding hydrogens is 297 g/mol. The molecular formula is C14H20FNO4S. The largest absolute Gasteiger partial charge is 0.478 e. The highest BCUT2D eigenvalue weighted by molar-refractivity contribution is 7.89. The van der Waals surface area contributed by atoms with Gasteiger partial charge in [-0.3, -0.25) is 0 Å². The highest BCUT2D eigenvalue weighted by atomic mass is 32.2. The highest BCUT2D eigenvalue weighted by Gasteiger charge is 2.29. The van der Waals surface area contributed by atoms with Crippen LogP contribution in [0.15, 0.2) is 17.0 Å². The van der Waals surface area contributed by atoms with Crippen molar-refractivity contribution in [1.29, 1.82) is 0 Å². The Bertz CT molecular complexity index is 643. The molecule has 0 radical (unpaired) electrons. The minimum absolute atomic E-state index is 0.00585. The molecule has 21 heavy (non-hydrogen) atoms. The van der Waals surface area contributed by atoms with Crippen LogP contribution in [0.3, 0.4) is 0 Å². The van der Waals surface area contributed by atoms with Gasteiger partial charge in [-0.05, 0) is 38.0 Å². The lowest BCUT2D eigenvalue weighted by Crippen LogP contribution is -2.38. The third-order valence-electron chi connectivity index (χ3n) is 3.46. The standard InChI is InChI=1S/C14H20FNO4S/c1-5-10(4)16(6-2)21(19,20)11-7-9(3)13(15)12(8-11)14(17)18/h7-8,10H,5-6H2,1-4H3,(H,17,18). The summed E-state index contributed by atoms with van der Waals surface area (Å²) in [4.78, 5) is 10.8. The topological polar surface area (TPSA) is 74.7 Å². The fourth-order valence-corrected chi connectivity index (χ4v) is 3.92. The van der Waals surface area contributed by atoms with E-state index in [2.05, 4.69) is 0 Å². The predicted octanol–water partition coefficient (Wildman–Crippen LogP) is 2.64. The normalized spacial score (nSPS) is 13.4. The summed E-state index contributed by atoms with van der Waals surface area (Å²) >= 11 is 0. The summed E-state index contributed by atoms with van der Waals surface area (Å²) in [6.45, 7) is 6.95. The summed E-state index contributed by atoms with van der Waals surface area (Å²) in [5.74, 6) is -2.40. The molecule has 0 heterocycles. The predicted molar refractivity (Wildman–Crippen MR) is 77.4 cm³/mol. The molecule has 1 unspecified atom stereocenters. The minimum atomic E-state index is -3.85. The summed E-state index contributed by atoms with van der Waals surface area (Å²) in [6, 6.07) is 1.83. The number of sulfonamides is 1. The zero-order valence-electron chi connectivity index (χ0n) is 12.6. The van der Waals surface area contributed by atoms with Crippen molar-refractivity contribution in [2.24, 2.45) is 0 Å². The maximum absolute atomic E-state index is 13.7. The number of aromatic carboxylic acids is 1. The summed E-state index contributed by atoms with van der Waals surface area (Å²) in [5, 5.41) is 8.98. The van der Waals surface area contributed by atoms with E-state index in [0.29, 0.717) is 6.42 Å². The molecule has 1 aromatic carbocycles. The van der Waals surface area contributed by atoms with Gasteiger partial charge >= 0.3 is 5.97 Å². The first-order chi connectivity index (χ1) is 9.66. The molecule has 0 aliphatic carbocycles. The van der Waals surface area contributed by atoms with Crippen LogP contribution in [0.2, 0.25) is 0 Å². The summed E-state index contributed by atoms with van der Waals surface area (Å²) in [6.07, 6.45) is 0.624. The second-order valence-corrected chi connectivity index (χ2v) is 6.76. The molecule has 7 heteroatoms. The Labute approximate surface area is 124 Å². The van der Waals surface area contributed by atoms with E-state index in [0.717, 1.165) is 6.07 Å². The van der Waals surface area contributed by atoms with Gasteiger partial charge in [0.15, 0.2) is 0 Å². The van der Waals surface area contributed by atoms with Crippen molar-refractivity contribution < 1.29 is 22.7 Å². The van der Waals surface area contributed by atoms with E-state index in [4.69, 9.17) is 5.11 Å². The molecule has 0 amide bonds. The molecule has 1 atom stereocenters. The van der Waals surface area contributed by atoms with E-state index in [1.165, 1.54) is 17.3 Å². The van der Waals surface area contributed by atoms with Gasteiger partial charge in [-0.25, -0.2) is 17.6 Å². The lowest BCUT2D eigenvalue weighted by molar-refractivity contribution is 0.0691. The number of benzene rings is 1. The van der Waals surface area contributed by atoms with E-state index in [1.54, 1.807) is 13.8 Å². The average Bonchev–Trinajstić information content (AvgIpc) is 2.41. The molecule has 0 spiro atoms. The zero-order chi connectivity index (χ0) is 16.4. The summed E-state index contributed by atoms with van der Waals surface area (Å²) < 4.78 is 40.2. The zero-order valence-corrected chi connectivity index (χ0v) is 13.4. The minimum Gasteiger partial charge on any atom is -0.478 e. The van der Waals surface area contributed by atoms with Crippen LogP contribution >= 0.6 is 0 Å². The lowest BCUT2D eigenvalue weighted by Gasteiger charge is -2.26. The fourth-order valence-electron chi connectivity index (χ4n) is 2.10. The van der Waals surface area contributed by atoms with Crippen LogP contribution in [0.4, 0.5) is 4.39 Å². The number of hydrogen-bond donors (Lipinski definition) is 1. The molecule has 5 nitrogen and oxygen atoms in total. The number of rotatable bonds is 6. The van der Waals surface area contributed by atoms with Gasteiger partial charge in [0.2, 0.25) is 10.0 Å². The van der Waals surface area contributed by atoms with Crippen molar-refractivity contribution in [2.45, 2.75) is 45.1 Å². The van der Waals surface area contributed by atoms with Crippen molar-refractivity contribution >= 4 is 16.0 Å². The molecule has 1 rings (SSSR count). The molecule has 1 aromatic rings. The molecule has 0 fully saturated rings. The van der Waals surface area contributed by atoms with Crippen LogP contribution in [0.5, 0.6) is 0 Å². The van der Waals surface area contributed by atoms with Gasteiger partial charge in [-0.2, -0.15) is 4.31 Å². The third-order valence-corrected chi connectivity index (χ3v) is 5.53. The van der Waals surface area contributed by atoms with Crippen LogP contribution < -0.4 is 0 Å². The molecule has 0 bridgehead atoms. The van der Waals surface area contributed by atoms with E-state index >= 15 is 0 Å². The number of aryl methyl sites for hydroxylation is 1. The third kappa shape index (κ3) is 3.41. The highest BCUT2D eigenvalue weighted by Crippen LogP contribution is 2.24. The first-order valence-electron chi connectivity index (χ1n) is 6.72. The Morgan fingerprint density at radius 2 is 1.95 bits per heavy atom. The molecule has 0 aliphatic heterocycles. The first-order valence-corrected chi connectivity index (χ1v) is 8.16. The van der Waals surface area contributed by atoms with Crippen LogP contribution in [-0.2, 0) is 10.0 Å². The second kappa shape index (κ2) is 6.53. The molecule has 0 saturated heterocycles. The average molecular weight is 317 g/mol. The van der Waals surface area contributed by atoms with E-state index in [-0.39, 0.29) is 23.0 Å². The van der Waals surface area contributed by atoms with Crippen molar-refractivity contribution in [1.82, 2.24) is 4.31 Å². The van der Waals surface area contributed by atoms with Crippen molar-refractivity contribution in [3.05, 3.63) is 29.1 Å². The Morgan fingerprint density at radius 1 is 1.38 bits per heavy atom. The van der Waals surface area contributed by atoms with Crippen molar-refractivity contribution in [3.63, 3.8) is 0 Å². The smallest absolute Gasteiger partial charge is 0.338 e. The van der Waals surface area contributed by atoms with Gasteiger partial charge in [0, 0.05) is 12.6 Å². The number of carboxylic acids is 1. The van der Waals surface area contributed by atoms with Gasteiger partial charge in [0.05, 0.1) is 10.5 Å². The number of hydrogen-bond acceptors (Lipinski definition) is 3. The van der Waals surface area contributed by atoms with Gasteiger partial charge in [-0.1, -0.05) is 13.8 Å². The van der Waals surface area contributed by atoms with E-state index in [9.17, 15) is 17.6 Å². The monoisotopic (exact) mass is 317 g/mol. The molecule has 1 N–H and O–H groups in total. The van der Waals surface area contributed by atoms with Gasteiger partial charge in [0.1, 0.15) is 5.82 Å². The van der Waals surface area contributed by atoms with E-state index in [1.807, 2.05) is 6.92 Å². The fraction of sp³-hybridized carbons (Fsp3) is 0.500. The van der Waals surface area contributed by atoms with Crippen molar-refractivity contribution in [2.75, 3.05) is 6.54 Å². The maximum Gasteiger partial charge on any atom is 0.338 e. The summed E-state index contributed by atoms with van der Waals surface area (Å²) in [5.41, 5.74) is -0.637. The van der Waals surface area contributed by atoms with Crippen LogP contribution in [-0.4, -0.2) is 36.4 Å². The number of carboxylic acid groups (broad SMARTS) is 1. The van der Waals surface area contributed by atoms with Gasteiger partial charge < -0.3 is 5.11 Å². The number of carbonyl (C=O) groups is 1. The first kappa shape index (κ1) is 17.6. The second-order valence-electron chi connectivity index (χ2n) is 4.87. The quantitative estimate of drug-likeness (QED) is 0.875.